The smallest absolute Gasteiger partial charge is 0.167 e. The summed E-state index contributed by atoms with van der Waals surface area (Å²) >= 11 is 0. The molecular weight excluding hydrogens is 776 g/mol. The molecule has 0 aromatic heterocycles. The largest absolute Gasteiger partial charge is 0.507 e. The van der Waals surface area contributed by atoms with Gasteiger partial charge in [0.05, 0.1) is 103 Å². The molecule has 4 rings (SSSR count). The van der Waals surface area contributed by atoms with Gasteiger partial charge in [0.1, 0.15) is 11.5 Å². The zero-order chi connectivity index (χ0) is 43.9. The minimum Gasteiger partial charge on any atom is -0.507 e. The molecule has 4 aromatic rings. The molecule has 16 heteroatoms. The normalized spacial score (nSPS) is 12.1. The van der Waals surface area contributed by atoms with Crippen LogP contribution in [0.5, 0.6) is 34.5 Å². The van der Waals surface area contributed by atoms with E-state index in [9.17, 15) is 30.6 Å². The number of aryl methyl sites for hydroxylation is 2. The van der Waals surface area contributed by atoms with Crippen molar-refractivity contribution in [3.05, 3.63) is 45.5 Å². The topological polar surface area (TPSA) is 226 Å². The van der Waals surface area contributed by atoms with E-state index >= 15 is 0 Å². The minimum absolute atomic E-state index is 0.0506. The lowest BCUT2D eigenvalue weighted by Crippen LogP contribution is -2.16. The second kappa shape index (κ2) is 23.0. The summed E-state index contributed by atoms with van der Waals surface area (Å²) < 4.78 is 31.8. The Hall–Kier alpha value is -5.10. The maximum absolute atomic E-state index is 12.3. The van der Waals surface area contributed by atoms with E-state index in [0.717, 1.165) is 0 Å². The van der Waals surface area contributed by atoms with Crippen molar-refractivity contribution in [1.82, 2.24) is 10.9 Å². The monoisotopic (exact) mass is 838 g/mol. The van der Waals surface area contributed by atoms with Crippen LogP contribution in [-0.2, 0) is 28.4 Å². The minimum atomic E-state index is -0.473. The van der Waals surface area contributed by atoms with Crippen LogP contribution in [-0.4, -0.2) is 136 Å². The van der Waals surface area contributed by atoms with Gasteiger partial charge in [-0.25, -0.2) is 0 Å². The number of methoxy groups -OCH3 is 2. The van der Waals surface area contributed by atoms with Crippen LogP contribution in [0.2, 0.25) is 0 Å². The van der Waals surface area contributed by atoms with Gasteiger partial charge in [-0.3, -0.25) is 0 Å². The number of hydrogen-bond acceptors (Lipinski definition) is 16. The highest BCUT2D eigenvalue weighted by Crippen LogP contribution is 2.54. The molecule has 0 aliphatic carbocycles. The second-order valence-corrected chi connectivity index (χ2v) is 14.8. The number of phenolic OH excluding ortho intramolecular Hbond substituents is 6. The van der Waals surface area contributed by atoms with Gasteiger partial charge in [0, 0.05) is 47.2 Å². The van der Waals surface area contributed by atoms with E-state index in [1.165, 1.54) is 12.4 Å². The van der Waals surface area contributed by atoms with Gasteiger partial charge in [0.2, 0.25) is 0 Å². The first kappa shape index (κ1) is 47.6. The van der Waals surface area contributed by atoms with Crippen LogP contribution in [0.25, 0.3) is 32.7 Å². The summed E-state index contributed by atoms with van der Waals surface area (Å²) in [5.41, 5.74) is 8.32. The molecule has 8 N–H and O–H groups in total. The lowest BCUT2D eigenvalue weighted by Gasteiger charge is -2.23. The Morgan fingerprint density at radius 1 is 0.500 bits per heavy atom. The van der Waals surface area contributed by atoms with Gasteiger partial charge in [0.15, 0.2) is 23.0 Å². The molecule has 0 radical (unpaired) electrons. The molecule has 0 amide bonds. The first-order valence-corrected chi connectivity index (χ1v) is 20.1. The molecule has 16 nitrogen and oxygen atoms in total. The van der Waals surface area contributed by atoms with Crippen LogP contribution in [0.4, 0.5) is 0 Å². The number of ether oxygens (including phenoxy) is 6. The molecule has 60 heavy (non-hydrogen) atoms. The van der Waals surface area contributed by atoms with E-state index in [1.807, 2.05) is 27.7 Å². The van der Waals surface area contributed by atoms with Crippen molar-refractivity contribution < 1.29 is 59.1 Å². The van der Waals surface area contributed by atoms with Gasteiger partial charge >= 0.3 is 0 Å². The van der Waals surface area contributed by atoms with Crippen molar-refractivity contribution in [3.8, 4) is 45.6 Å². The quantitative estimate of drug-likeness (QED) is 0.0167. The first-order valence-electron chi connectivity index (χ1n) is 20.1. The van der Waals surface area contributed by atoms with E-state index in [2.05, 4.69) is 21.1 Å². The fourth-order valence-corrected chi connectivity index (χ4v) is 7.14. The molecule has 0 saturated heterocycles. The summed E-state index contributed by atoms with van der Waals surface area (Å²) in [6.07, 6.45) is 2.64. The number of fused-ring (bicyclic) bond motifs is 2. The summed E-state index contributed by atoms with van der Waals surface area (Å²) in [6, 6.07) is 3.59. The van der Waals surface area contributed by atoms with Gasteiger partial charge < -0.3 is 69.9 Å². The van der Waals surface area contributed by atoms with Gasteiger partial charge in [0.25, 0.3) is 0 Å². The lowest BCUT2D eigenvalue weighted by atomic mass is 9.83. The van der Waals surface area contributed by atoms with Crippen molar-refractivity contribution >= 4 is 34.0 Å². The first-order chi connectivity index (χ1) is 28.8. The highest BCUT2D eigenvalue weighted by molar-refractivity contribution is 6.15. The average Bonchev–Trinajstić information content (AvgIpc) is 3.19. The van der Waals surface area contributed by atoms with Crippen LogP contribution < -0.4 is 10.9 Å². The molecule has 0 heterocycles. The lowest BCUT2D eigenvalue weighted by molar-refractivity contribution is 0.0256. The Morgan fingerprint density at radius 3 is 1.17 bits per heavy atom. The fourth-order valence-electron chi connectivity index (χ4n) is 7.14. The summed E-state index contributed by atoms with van der Waals surface area (Å²) in [4.78, 5) is 0. The third-order valence-corrected chi connectivity index (χ3v) is 9.88. The summed E-state index contributed by atoms with van der Waals surface area (Å²) in [7, 11) is 3.21. The number of nitrogens with one attached hydrogen (secondary N) is 2. The number of aromatic hydroxyl groups is 6. The molecule has 0 spiro atoms. The molecule has 0 saturated carbocycles. The third-order valence-electron chi connectivity index (χ3n) is 9.88. The van der Waals surface area contributed by atoms with Gasteiger partial charge in [-0.15, -0.1) is 0 Å². The average molecular weight is 839 g/mol. The van der Waals surface area contributed by atoms with Crippen LogP contribution in [0.1, 0.15) is 72.9 Å². The van der Waals surface area contributed by atoms with Crippen molar-refractivity contribution in [2.24, 2.45) is 10.2 Å². The summed E-state index contributed by atoms with van der Waals surface area (Å²) in [5, 5.41) is 79.9. The fraction of sp³-hybridized carbons (Fsp3) is 0.500. The van der Waals surface area contributed by atoms with Crippen LogP contribution in [0, 0.1) is 13.8 Å². The molecule has 0 atom stereocenters. The molecule has 0 fully saturated rings. The molecule has 4 aromatic carbocycles. The predicted octanol–water partition coefficient (Wildman–Crippen LogP) is 5.96. The van der Waals surface area contributed by atoms with Crippen LogP contribution in [0.3, 0.4) is 0 Å². The van der Waals surface area contributed by atoms with E-state index < -0.39 is 11.5 Å². The van der Waals surface area contributed by atoms with Crippen molar-refractivity contribution in [2.75, 3.05) is 93.4 Å². The predicted molar refractivity (Wildman–Crippen MR) is 233 cm³/mol. The summed E-state index contributed by atoms with van der Waals surface area (Å²) in [5.74, 6) is -2.67. The SMILES string of the molecule is COCCOCCOCCN/N=C/c1c(O)c(O)c(C(C)C)c2cc(C)c(-c3c(C)cc4c(C(C)C)c(O)c(O)c(/C=N/NCCOCCOCCOC)c4c3O)c(O)c12. The molecule has 0 unspecified atom stereocenters. The highest BCUT2D eigenvalue weighted by Gasteiger charge is 2.29. The van der Waals surface area contributed by atoms with E-state index in [1.54, 1.807) is 40.2 Å². The van der Waals surface area contributed by atoms with Gasteiger partial charge in [-0.2, -0.15) is 10.2 Å². The highest BCUT2D eigenvalue weighted by atomic mass is 16.5. The number of phenols is 6. The molecule has 0 aliphatic rings. The van der Waals surface area contributed by atoms with Gasteiger partial charge in [-0.1, -0.05) is 39.8 Å². The molecule has 0 bridgehead atoms. The molecular formula is C44H62N4O12. The third kappa shape index (κ3) is 11.2. The van der Waals surface area contributed by atoms with Crippen molar-refractivity contribution in [2.45, 2.75) is 53.4 Å². The maximum Gasteiger partial charge on any atom is 0.167 e. The molecule has 330 valence electrons. The van der Waals surface area contributed by atoms with E-state index in [4.69, 9.17) is 28.4 Å². The van der Waals surface area contributed by atoms with Crippen LogP contribution >= 0.6 is 0 Å². The number of hydrogen-bond donors (Lipinski definition) is 8. The molecule has 0 aliphatic heterocycles. The number of benzene rings is 4. The van der Waals surface area contributed by atoms with Crippen LogP contribution in [0.15, 0.2) is 22.3 Å². The Labute approximate surface area is 351 Å². The van der Waals surface area contributed by atoms with Crippen molar-refractivity contribution in [3.63, 3.8) is 0 Å². The van der Waals surface area contributed by atoms with E-state index in [0.29, 0.717) is 112 Å². The summed E-state index contributed by atoms with van der Waals surface area (Å²) in [6.45, 7) is 15.9. The Kier molecular flexibility index (Phi) is 18.3. The Bertz CT molecular complexity index is 1970. The number of hydrazone groups is 2. The van der Waals surface area contributed by atoms with Crippen molar-refractivity contribution in [1.29, 1.82) is 0 Å². The number of rotatable bonds is 25. The number of nitrogens with zero attached hydrogens (tertiary/aromatic N) is 2. The zero-order valence-electron chi connectivity index (χ0n) is 36.0. The standard InChI is InChI=1S/C44H62N4O12/c1-25(2)33-29-21-27(5)35(41(51)37(29)31(39(49)43(33)53)23-47-45-9-11-57-17-19-59-15-13-55-7)36-28(6)22-30-34(26(3)4)44(54)40(50)32(38(30)42(36)52)24-48-46-10-12-58-18-20-60-16-14-56-8/h21-26,45-46,49-54H,9-20H2,1-8H3/b47-23+,48-24+. The van der Waals surface area contributed by atoms with E-state index in [-0.39, 0.29) is 67.9 Å². The maximum atomic E-state index is 12.3. The Balaban J connectivity index is 1.78. The van der Waals surface area contributed by atoms with Gasteiger partial charge in [-0.05, 0) is 47.6 Å². The second-order valence-electron chi connectivity index (χ2n) is 14.8. The Morgan fingerprint density at radius 2 is 0.833 bits per heavy atom. The zero-order valence-corrected chi connectivity index (χ0v) is 36.0.